The van der Waals surface area contributed by atoms with Crippen molar-refractivity contribution in [3.05, 3.63) is 34.9 Å². The second-order valence-electron chi connectivity index (χ2n) is 5.47. The average molecular weight is 295 g/mol. The van der Waals surface area contributed by atoms with Gasteiger partial charge in [0.25, 0.3) is 0 Å². The van der Waals surface area contributed by atoms with E-state index >= 15 is 0 Å². The molecule has 1 amide bonds. The van der Waals surface area contributed by atoms with Gasteiger partial charge in [0.15, 0.2) is 0 Å². The van der Waals surface area contributed by atoms with Crippen LogP contribution in [0.1, 0.15) is 51.8 Å². The van der Waals surface area contributed by atoms with Gasteiger partial charge < -0.3 is 4.90 Å². The Bertz CT molecular complexity index is 477. The molecule has 0 bridgehead atoms. The minimum atomic E-state index is -0.0849. The highest BCUT2D eigenvalue weighted by Gasteiger charge is 2.40. The number of hydrogen-bond acceptors (Lipinski definition) is 2. The number of halogens is 1. The second kappa shape index (κ2) is 6.59. The van der Waals surface area contributed by atoms with Gasteiger partial charge in [-0.2, -0.15) is 0 Å². The number of rotatable bonds is 5. The van der Waals surface area contributed by atoms with E-state index in [-0.39, 0.29) is 24.2 Å². The number of carbonyl (C=O) groups excluding carboxylic acids is 1. The first-order valence-corrected chi connectivity index (χ1v) is 7.80. The molecule has 2 rings (SSSR count). The number of hydrogen-bond donors (Lipinski definition) is 1. The molecule has 0 aromatic heterocycles. The Morgan fingerprint density at radius 2 is 2.15 bits per heavy atom. The molecule has 1 heterocycles. The molecule has 0 spiro atoms. The van der Waals surface area contributed by atoms with Crippen LogP contribution in [-0.2, 0) is 4.79 Å². The lowest BCUT2D eigenvalue weighted by Crippen LogP contribution is -2.38. The van der Waals surface area contributed by atoms with Gasteiger partial charge in [0.05, 0.1) is 6.04 Å². The summed E-state index contributed by atoms with van der Waals surface area (Å²) in [5.41, 5.74) is 1.06. The molecule has 1 aromatic rings. The van der Waals surface area contributed by atoms with Crippen LogP contribution in [0.5, 0.6) is 0 Å². The van der Waals surface area contributed by atoms with Crippen molar-refractivity contribution < 1.29 is 4.79 Å². The monoisotopic (exact) mass is 294 g/mol. The third kappa shape index (κ3) is 2.99. The van der Waals surface area contributed by atoms with Crippen molar-refractivity contribution in [3.8, 4) is 0 Å². The smallest absolute Gasteiger partial charge is 0.241 e. The fraction of sp³-hybridized carbons (Fsp3) is 0.562. The Balaban J connectivity index is 2.31. The molecule has 1 aromatic carbocycles. The predicted octanol–water partition coefficient (Wildman–Crippen LogP) is 3.74. The zero-order valence-electron chi connectivity index (χ0n) is 12.4. The van der Waals surface area contributed by atoms with Crippen LogP contribution in [0.2, 0.25) is 5.02 Å². The number of carbonyl (C=O) groups is 1. The molecule has 3 atom stereocenters. The topological polar surface area (TPSA) is 32.3 Å². The molecule has 4 heteroatoms. The van der Waals surface area contributed by atoms with E-state index < -0.39 is 0 Å². The fourth-order valence-corrected chi connectivity index (χ4v) is 3.10. The van der Waals surface area contributed by atoms with Gasteiger partial charge in [0, 0.05) is 11.1 Å². The zero-order valence-corrected chi connectivity index (χ0v) is 13.2. The van der Waals surface area contributed by atoms with E-state index in [0.29, 0.717) is 5.02 Å². The van der Waals surface area contributed by atoms with Crippen molar-refractivity contribution >= 4 is 17.5 Å². The van der Waals surface area contributed by atoms with Crippen LogP contribution in [0, 0.1) is 0 Å². The maximum absolute atomic E-state index is 12.6. The SMILES string of the molecule is CCCC(C)N1C(=O)C(CC)NC1c1cccc(Cl)c1. The average Bonchev–Trinajstić information content (AvgIpc) is 2.76. The van der Waals surface area contributed by atoms with Crippen LogP contribution in [0.3, 0.4) is 0 Å². The maximum atomic E-state index is 12.6. The molecular weight excluding hydrogens is 272 g/mol. The largest absolute Gasteiger partial charge is 0.319 e. The van der Waals surface area contributed by atoms with Gasteiger partial charge in [0.2, 0.25) is 5.91 Å². The molecule has 1 aliphatic rings. The van der Waals surface area contributed by atoms with E-state index in [2.05, 4.69) is 19.2 Å². The molecule has 0 saturated carbocycles. The predicted molar refractivity (Wildman–Crippen MR) is 82.6 cm³/mol. The van der Waals surface area contributed by atoms with Crippen molar-refractivity contribution in [3.63, 3.8) is 0 Å². The summed E-state index contributed by atoms with van der Waals surface area (Å²) < 4.78 is 0. The van der Waals surface area contributed by atoms with Gasteiger partial charge in [0.1, 0.15) is 6.17 Å². The molecule has 1 N–H and O–H groups in total. The summed E-state index contributed by atoms with van der Waals surface area (Å²) in [6.45, 7) is 6.31. The zero-order chi connectivity index (χ0) is 14.7. The van der Waals surface area contributed by atoms with Crippen molar-refractivity contribution in [2.45, 2.75) is 58.3 Å². The molecular formula is C16H23ClN2O. The number of amides is 1. The van der Waals surface area contributed by atoms with Crippen LogP contribution in [0.15, 0.2) is 24.3 Å². The quantitative estimate of drug-likeness (QED) is 0.897. The van der Waals surface area contributed by atoms with Crippen molar-refractivity contribution in [1.82, 2.24) is 10.2 Å². The molecule has 3 nitrogen and oxygen atoms in total. The summed E-state index contributed by atoms with van der Waals surface area (Å²) in [5.74, 6) is 0.207. The second-order valence-corrected chi connectivity index (χ2v) is 5.90. The first kappa shape index (κ1) is 15.3. The minimum absolute atomic E-state index is 0.0623. The summed E-state index contributed by atoms with van der Waals surface area (Å²) in [4.78, 5) is 14.5. The first-order valence-electron chi connectivity index (χ1n) is 7.42. The van der Waals surface area contributed by atoms with Gasteiger partial charge in [-0.3, -0.25) is 10.1 Å². The standard InChI is InChI=1S/C16H23ClN2O/c1-4-7-11(3)19-15(18-14(5-2)16(19)20)12-8-6-9-13(17)10-12/h6,8-11,14-15,18H,4-5,7H2,1-3H3. The first-order chi connectivity index (χ1) is 9.58. The normalized spacial score (nSPS) is 24.2. The number of nitrogens with zero attached hydrogens (tertiary/aromatic N) is 1. The Morgan fingerprint density at radius 1 is 1.40 bits per heavy atom. The van der Waals surface area contributed by atoms with Crippen molar-refractivity contribution in [1.29, 1.82) is 0 Å². The molecule has 1 saturated heterocycles. The highest BCUT2D eigenvalue weighted by molar-refractivity contribution is 6.30. The highest BCUT2D eigenvalue weighted by atomic mass is 35.5. The van der Waals surface area contributed by atoms with Gasteiger partial charge in [-0.1, -0.05) is 44.0 Å². The summed E-state index contributed by atoms with van der Waals surface area (Å²) in [6.07, 6.45) is 2.84. The van der Waals surface area contributed by atoms with E-state index in [0.717, 1.165) is 24.8 Å². The number of nitrogens with one attached hydrogen (secondary N) is 1. The molecule has 0 radical (unpaired) electrons. The van der Waals surface area contributed by atoms with Gasteiger partial charge in [-0.25, -0.2) is 0 Å². The summed E-state index contributed by atoms with van der Waals surface area (Å²) in [7, 11) is 0. The van der Waals surface area contributed by atoms with Gasteiger partial charge >= 0.3 is 0 Å². The molecule has 1 fully saturated rings. The summed E-state index contributed by atoms with van der Waals surface area (Å²) >= 11 is 6.09. The Labute approximate surface area is 126 Å². The fourth-order valence-electron chi connectivity index (χ4n) is 2.90. The lowest BCUT2D eigenvalue weighted by Gasteiger charge is -2.30. The van der Waals surface area contributed by atoms with Crippen LogP contribution in [0.4, 0.5) is 0 Å². The van der Waals surface area contributed by atoms with Crippen LogP contribution < -0.4 is 5.32 Å². The molecule has 20 heavy (non-hydrogen) atoms. The summed E-state index contributed by atoms with van der Waals surface area (Å²) in [5, 5.41) is 4.15. The van der Waals surface area contributed by atoms with E-state index in [1.165, 1.54) is 0 Å². The van der Waals surface area contributed by atoms with Crippen LogP contribution in [-0.4, -0.2) is 22.9 Å². The third-order valence-electron chi connectivity index (χ3n) is 3.94. The maximum Gasteiger partial charge on any atom is 0.241 e. The minimum Gasteiger partial charge on any atom is -0.319 e. The third-order valence-corrected chi connectivity index (χ3v) is 4.18. The lowest BCUT2D eigenvalue weighted by atomic mass is 10.1. The van der Waals surface area contributed by atoms with Crippen molar-refractivity contribution in [2.24, 2.45) is 0 Å². The van der Waals surface area contributed by atoms with E-state index in [9.17, 15) is 4.79 Å². The van der Waals surface area contributed by atoms with E-state index in [4.69, 9.17) is 11.6 Å². The van der Waals surface area contributed by atoms with Gasteiger partial charge in [-0.15, -0.1) is 0 Å². The Hall–Kier alpha value is -1.06. The number of benzene rings is 1. The van der Waals surface area contributed by atoms with Gasteiger partial charge in [-0.05, 0) is 37.5 Å². The lowest BCUT2D eigenvalue weighted by molar-refractivity contribution is -0.132. The molecule has 0 aliphatic carbocycles. The summed E-state index contributed by atoms with van der Waals surface area (Å²) in [6, 6.07) is 7.92. The Morgan fingerprint density at radius 3 is 2.75 bits per heavy atom. The van der Waals surface area contributed by atoms with E-state index in [1.54, 1.807) is 0 Å². The molecule has 110 valence electrons. The molecule has 3 unspecified atom stereocenters. The van der Waals surface area contributed by atoms with E-state index in [1.807, 2.05) is 36.1 Å². The van der Waals surface area contributed by atoms with Crippen molar-refractivity contribution in [2.75, 3.05) is 0 Å². The Kier molecular flexibility index (Phi) is 5.06. The van der Waals surface area contributed by atoms with Crippen LogP contribution in [0.25, 0.3) is 0 Å². The molecule has 1 aliphatic heterocycles. The highest BCUT2D eigenvalue weighted by Crippen LogP contribution is 2.30. The van der Waals surface area contributed by atoms with Crippen LogP contribution >= 0.6 is 11.6 Å².